The Morgan fingerprint density at radius 1 is 0.929 bits per heavy atom. The first-order valence-electron chi connectivity index (χ1n) is 14.5. The van der Waals surface area contributed by atoms with E-state index in [0.29, 0.717) is 16.3 Å². The third-order valence-electron chi connectivity index (χ3n) is 7.87. The number of halogens is 1. The zero-order valence-corrected chi connectivity index (χ0v) is 26.3. The Morgan fingerprint density at radius 3 is 2.26 bits per heavy atom. The third kappa shape index (κ3) is 7.72. The molecule has 0 heterocycles. The summed E-state index contributed by atoms with van der Waals surface area (Å²) in [6.45, 7) is 6.99. The van der Waals surface area contributed by atoms with Crippen LogP contribution in [0.25, 0.3) is 0 Å². The summed E-state index contributed by atoms with van der Waals surface area (Å²) in [4.78, 5) is 29.2. The number of benzene rings is 3. The maximum Gasteiger partial charge on any atom is 0.264 e. The summed E-state index contributed by atoms with van der Waals surface area (Å²) in [6, 6.07) is 18.4. The molecule has 1 aliphatic carbocycles. The van der Waals surface area contributed by atoms with Gasteiger partial charge in [-0.2, -0.15) is 0 Å². The second-order valence-electron chi connectivity index (χ2n) is 11.3. The molecule has 0 aliphatic heterocycles. The van der Waals surface area contributed by atoms with E-state index in [9.17, 15) is 18.0 Å². The highest BCUT2D eigenvalue weighted by atomic mass is 35.5. The highest BCUT2D eigenvalue weighted by molar-refractivity contribution is 7.92. The molecule has 0 bridgehead atoms. The van der Waals surface area contributed by atoms with Gasteiger partial charge in [-0.05, 0) is 82.0 Å². The molecule has 7 nitrogen and oxygen atoms in total. The predicted molar refractivity (Wildman–Crippen MR) is 168 cm³/mol. The Balaban J connectivity index is 1.70. The molecule has 224 valence electrons. The molecule has 4 rings (SSSR count). The fraction of sp³-hybridized carbons (Fsp3) is 0.394. The average Bonchev–Trinajstić information content (AvgIpc) is 2.95. The first kappa shape index (κ1) is 31.6. The minimum absolute atomic E-state index is 0.0728. The number of anilines is 1. The van der Waals surface area contributed by atoms with Gasteiger partial charge >= 0.3 is 0 Å². The topological polar surface area (TPSA) is 86.8 Å². The van der Waals surface area contributed by atoms with Crippen LogP contribution in [0.5, 0.6) is 0 Å². The lowest BCUT2D eigenvalue weighted by Crippen LogP contribution is -2.53. The van der Waals surface area contributed by atoms with Crippen molar-refractivity contribution in [1.29, 1.82) is 0 Å². The first-order valence-corrected chi connectivity index (χ1v) is 16.3. The zero-order valence-electron chi connectivity index (χ0n) is 24.8. The molecule has 42 heavy (non-hydrogen) atoms. The smallest absolute Gasteiger partial charge is 0.264 e. The summed E-state index contributed by atoms with van der Waals surface area (Å²) in [7, 11) is -4.14. The molecule has 3 aromatic rings. The predicted octanol–water partition coefficient (Wildman–Crippen LogP) is 6.33. The van der Waals surface area contributed by atoms with Crippen LogP contribution in [0.4, 0.5) is 5.69 Å². The molecule has 0 spiro atoms. The van der Waals surface area contributed by atoms with Gasteiger partial charge in [-0.3, -0.25) is 13.9 Å². The van der Waals surface area contributed by atoms with Crippen molar-refractivity contribution in [1.82, 2.24) is 10.2 Å². The monoisotopic (exact) mass is 609 g/mol. The SMILES string of the molecule is Cc1ccc(S(=O)(=O)N(CC(=O)N(Cc2cccc(C)c2)[C@H](C)C(=O)NC2CCCCC2)c2ccc(Cl)cc2C)cc1. The normalized spacial score (nSPS) is 14.7. The van der Waals surface area contributed by atoms with E-state index in [4.69, 9.17) is 11.6 Å². The van der Waals surface area contributed by atoms with Crippen LogP contribution in [0.2, 0.25) is 5.02 Å². The Labute approximate surface area is 254 Å². The van der Waals surface area contributed by atoms with E-state index in [2.05, 4.69) is 5.32 Å². The second-order valence-corrected chi connectivity index (χ2v) is 13.6. The lowest BCUT2D eigenvalue weighted by Gasteiger charge is -2.33. The van der Waals surface area contributed by atoms with E-state index in [1.54, 1.807) is 44.2 Å². The molecule has 0 radical (unpaired) electrons. The van der Waals surface area contributed by atoms with Gasteiger partial charge in [0.25, 0.3) is 10.0 Å². The molecule has 9 heteroatoms. The number of sulfonamides is 1. The van der Waals surface area contributed by atoms with Crippen LogP contribution in [-0.4, -0.2) is 43.8 Å². The molecule has 3 aromatic carbocycles. The van der Waals surface area contributed by atoms with E-state index in [0.717, 1.165) is 53.1 Å². The van der Waals surface area contributed by atoms with Crippen LogP contribution in [0.3, 0.4) is 0 Å². The maximum atomic E-state index is 14.2. The Bertz CT molecular complexity index is 1520. The third-order valence-corrected chi connectivity index (χ3v) is 9.88. The Hall–Kier alpha value is -3.36. The number of nitrogens with zero attached hydrogens (tertiary/aromatic N) is 2. The van der Waals surface area contributed by atoms with Gasteiger partial charge < -0.3 is 10.2 Å². The molecule has 1 atom stereocenters. The molecule has 2 amide bonds. The molecule has 0 saturated heterocycles. The quantitative estimate of drug-likeness (QED) is 0.291. The highest BCUT2D eigenvalue weighted by Crippen LogP contribution is 2.30. The van der Waals surface area contributed by atoms with Gasteiger partial charge in [-0.15, -0.1) is 0 Å². The fourth-order valence-corrected chi connectivity index (χ4v) is 7.11. The number of carbonyl (C=O) groups excluding carboxylic acids is 2. The number of amides is 2. The number of aryl methyl sites for hydroxylation is 3. The van der Waals surface area contributed by atoms with Crippen molar-refractivity contribution in [3.63, 3.8) is 0 Å². The average molecular weight is 610 g/mol. The van der Waals surface area contributed by atoms with Crippen LogP contribution in [-0.2, 0) is 26.2 Å². The van der Waals surface area contributed by atoms with Crippen molar-refractivity contribution < 1.29 is 18.0 Å². The largest absolute Gasteiger partial charge is 0.352 e. The standard InChI is InChI=1S/C33H40ClN3O4S/c1-23-13-16-30(17-14-23)42(40,41)37(31-18-15-28(34)20-25(31)3)22-32(38)36(21-27-10-8-9-24(2)19-27)26(4)33(39)35-29-11-6-5-7-12-29/h8-10,13-20,26,29H,5-7,11-12,21-22H2,1-4H3,(H,35,39)/t26-/m1/s1. The second kappa shape index (κ2) is 13.7. The van der Waals surface area contributed by atoms with Gasteiger partial charge in [0.2, 0.25) is 11.8 Å². The van der Waals surface area contributed by atoms with Gasteiger partial charge in [0, 0.05) is 17.6 Å². The van der Waals surface area contributed by atoms with Gasteiger partial charge in [-0.1, -0.05) is 78.4 Å². The molecule has 1 fully saturated rings. The van der Waals surface area contributed by atoms with Crippen LogP contribution >= 0.6 is 11.6 Å². The van der Waals surface area contributed by atoms with Crippen molar-refractivity contribution in [2.45, 2.75) is 83.3 Å². The van der Waals surface area contributed by atoms with Crippen LogP contribution in [0, 0.1) is 20.8 Å². The molecule has 1 aliphatic rings. The van der Waals surface area contributed by atoms with Crippen molar-refractivity contribution in [2.24, 2.45) is 0 Å². The summed E-state index contributed by atoms with van der Waals surface area (Å²) in [6.07, 6.45) is 5.13. The summed E-state index contributed by atoms with van der Waals surface area (Å²) in [5.41, 5.74) is 3.76. The maximum absolute atomic E-state index is 14.2. The van der Waals surface area contributed by atoms with E-state index in [1.165, 1.54) is 17.0 Å². The zero-order chi connectivity index (χ0) is 30.4. The Kier molecular flexibility index (Phi) is 10.3. The van der Waals surface area contributed by atoms with Crippen molar-refractivity contribution in [2.75, 3.05) is 10.8 Å². The van der Waals surface area contributed by atoms with Crippen LogP contribution in [0.15, 0.2) is 71.6 Å². The number of carbonyl (C=O) groups is 2. The molecule has 0 aromatic heterocycles. The molecule has 0 unspecified atom stereocenters. The van der Waals surface area contributed by atoms with E-state index in [1.807, 2.05) is 38.1 Å². The van der Waals surface area contributed by atoms with Crippen LogP contribution < -0.4 is 9.62 Å². The van der Waals surface area contributed by atoms with E-state index >= 15 is 0 Å². The fourth-order valence-electron chi connectivity index (χ4n) is 5.41. The van der Waals surface area contributed by atoms with Crippen molar-refractivity contribution in [3.05, 3.63) is 94.0 Å². The summed E-state index contributed by atoms with van der Waals surface area (Å²) >= 11 is 6.20. The lowest BCUT2D eigenvalue weighted by atomic mass is 9.95. The summed E-state index contributed by atoms with van der Waals surface area (Å²) in [5.74, 6) is -0.716. The molecule has 1 N–H and O–H groups in total. The minimum Gasteiger partial charge on any atom is -0.352 e. The van der Waals surface area contributed by atoms with Crippen LogP contribution in [0.1, 0.15) is 61.3 Å². The first-order chi connectivity index (χ1) is 20.0. The van der Waals surface area contributed by atoms with Gasteiger partial charge in [-0.25, -0.2) is 8.42 Å². The van der Waals surface area contributed by atoms with Crippen molar-refractivity contribution in [3.8, 4) is 0 Å². The van der Waals surface area contributed by atoms with Gasteiger partial charge in [0.15, 0.2) is 0 Å². The minimum atomic E-state index is -4.14. The number of nitrogens with one attached hydrogen (secondary N) is 1. The van der Waals surface area contributed by atoms with E-state index in [-0.39, 0.29) is 23.4 Å². The summed E-state index contributed by atoms with van der Waals surface area (Å²) in [5, 5.41) is 3.60. The van der Waals surface area contributed by atoms with E-state index < -0.39 is 28.5 Å². The van der Waals surface area contributed by atoms with Crippen molar-refractivity contribution >= 4 is 39.1 Å². The summed E-state index contributed by atoms with van der Waals surface area (Å²) < 4.78 is 29.2. The van der Waals surface area contributed by atoms with Gasteiger partial charge in [0.1, 0.15) is 12.6 Å². The number of hydrogen-bond acceptors (Lipinski definition) is 4. The number of hydrogen-bond donors (Lipinski definition) is 1. The Morgan fingerprint density at radius 2 is 1.62 bits per heavy atom. The van der Waals surface area contributed by atoms with Gasteiger partial charge in [0.05, 0.1) is 10.6 Å². The molecular weight excluding hydrogens is 570 g/mol. The molecular formula is C33H40ClN3O4S. The lowest BCUT2D eigenvalue weighted by molar-refractivity contribution is -0.139. The number of rotatable bonds is 10. The molecule has 1 saturated carbocycles. The highest BCUT2D eigenvalue weighted by Gasteiger charge is 2.33.